The zero-order chi connectivity index (χ0) is 12.7. The van der Waals surface area contributed by atoms with E-state index in [1.54, 1.807) is 0 Å². The summed E-state index contributed by atoms with van der Waals surface area (Å²) in [5, 5.41) is 1.39. The zero-order valence-corrected chi connectivity index (χ0v) is 13.2. The summed E-state index contributed by atoms with van der Waals surface area (Å²) in [6.45, 7) is 0.939. The highest BCUT2D eigenvalue weighted by Gasteiger charge is 2.39. The van der Waals surface area contributed by atoms with Crippen LogP contribution < -0.4 is 0 Å². The maximum atomic E-state index is 6.29. The molecule has 0 radical (unpaired) electrons. The summed E-state index contributed by atoms with van der Waals surface area (Å²) < 4.78 is 0. The monoisotopic (exact) mass is 347 g/mol. The fraction of sp³-hybridized carbons (Fsp3) is 0.571. The van der Waals surface area contributed by atoms with Gasteiger partial charge in [-0.25, -0.2) is 0 Å². The van der Waals surface area contributed by atoms with Crippen molar-refractivity contribution in [1.82, 2.24) is 4.90 Å². The van der Waals surface area contributed by atoms with Crippen molar-refractivity contribution in [2.24, 2.45) is 0 Å². The molecule has 0 aliphatic carbocycles. The van der Waals surface area contributed by atoms with E-state index >= 15 is 0 Å². The first-order valence-electron chi connectivity index (χ1n) is 6.48. The first-order chi connectivity index (χ1) is 8.65. The van der Waals surface area contributed by atoms with Crippen LogP contribution in [0.5, 0.6) is 0 Å². The Hall–Kier alpha value is 0.240. The van der Waals surface area contributed by atoms with Gasteiger partial charge in [0, 0.05) is 23.5 Å². The van der Waals surface area contributed by atoms with Crippen molar-refractivity contribution in [1.29, 1.82) is 0 Å². The number of alkyl halides is 1. The molecule has 1 aromatic carbocycles. The van der Waals surface area contributed by atoms with Crippen molar-refractivity contribution >= 4 is 39.1 Å². The predicted molar refractivity (Wildman–Crippen MR) is 80.8 cm³/mol. The van der Waals surface area contributed by atoms with Gasteiger partial charge in [0.05, 0.1) is 10.0 Å². The van der Waals surface area contributed by atoms with Crippen molar-refractivity contribution in [3.8, 4) is 0 Å². The number of hydrogen-bond acceptors (Lipinski definition) is 1. The zero-order valence-electron chi connectivity index (χ0n) is 10.1. The smallest absolute Gasteiger partial charge is 0.0637 e. The van der Waals surface area contributed by atoms with Gasteiger partial charge in [0.1, 0.15) is 0 Å². The molecule has 3 rings (SSSR count). The Labute approximate surface area is 127 Å². The van der Waals surface area contributed by atoms with Gasteiger partial charge in [-0.1, -0.05) is 51.3 Å². The molecule has 0 amide bonds. The fourth-order valence-corrected chi connectivity index (χ4v) is 4.58. The van der Waals surface area contributed by atoms with Gasteiger partial charge >= 0.3 is 0 Å². The van der Waals surface area contributed by atoms with Crippen LogP contribution in [0.25, 0.3) is 0 Å². The van der Waals surface area contributed by atoms with Gasteiger partial charge in [-0.3, -0.25) is 4.90 Å². The average Bonchev–Trinajstić information content (AvgIpc) is 2.58. The van der Waals surface area contributed by atoms with E-state index in [4.69, 9.17) is 23.2 Å². The number of nitrogens with zero attached hydrogens (tertiary/aromatic N) is 1. The minimum Gasteiger partial charge on any atom is -0.293 e. The Morgan fingerprint density at radius 1 is 1.17 bits per heavy atom. The van der Waals surface area contributed by atoms with Crippen molar-refractivity contribution in [2.45, 2.75) is 49.1 Å². The summed E-state index contributed by atoms with van der Waals surface area (Å²) in [7, 11) is 0. The van der Waals surface area contributed by atoms with Gasteiger partial charge < -0.3 is 0 Å². The predicted octanol–water partition coefficient (Wildman–Crippen LogP) is 4.88. The molecule has 98 valence electrons. The lowest BCUT2D eigenvalue weighted by atomic mass is 10.0. The fourth-order valence-electron chi connectivity index (χ4n) is 3.33. The summed E-state index contributed by atoms with van der Waals surface area (Å²) in [5.41, 5.74) is 1.16. The number of piperidine rings is 1. The molecule has 2 aliphatic rings. The maximum Gasteiger partial charge on any atom is 0.0637 e. The molecule has 0 spiro atoms. The molecule has 4 heteroatoms. The first kappa shape index (κ1) is 13.2. The quantitative estimate of drug-likeness (QED) is 0.688. The minimum absolute atomic E-state index is 0.664. The second-order valence-corrected chi connectivity index (χ2v) is 7.42. The van der Waals surface area contributed by atoms with E-state index < -0.39 is 0 Å². The summed E-state index contributed by atoms with van der Waals surface area (Å²) in [4.78, 5) is 3.32. The van der Waals surface area contributed by atoms with Crippen LogP contribution in [0.3, 0.4) is 0 Å². The number of fused-ring (bicyclic) bond motifs is 2. The Morgan fingerprint density at radius 3 is 2.50 bits per heavy atom. The lowest BCUT2D eigenvalue weighted by molar-refractivity contribution is 0.137. The van der Waals surface area contributed by atoms with Gasteiger partial charge in [0.2, 0.25) is 0 Å². The first-order valence-corrected chi connectivity index (χ1v) is 8.15. The van der Waals surface area contributed by atoms with Crippen LogP contribution in [0.2, 0.25) is 10.0 Å². The molecule has 2 unspecified atom stereocenters. The highest BCUT2D eigenvalue weighted by molar-refractivity contribution is 9.09. The highest BCUT2D eigenvalue weighted by Crippen LogP contribution is 2.40. The molecule has 2 fully saturated rings. The molecule has 2 atom stereocenters. The van der Waals surface area contributed by atoms with E-state index in [9.17, 15) is 0 Å². The summed E-state index contributed by atoms with van der Waals surface area (Å²) in [6.07, 6.45) is 5.17. The molecule has 0 N–H and O–H groups in total. The molecule has 1 aromatic rings. The number of benzene rings is 1. The topological polar surface area (TPSA) is 3.24 Å². The van der Waals surface area contributed by atoms with E-state index in [2.05, 4.69) is 26.9 Å². The Bertz CT molecular complexity index is 437. The number of hydrogen-bond donors (Lipinski definition) is 0. The lowest BCUT2D eigenvalue weighted by Crippen LogP contribution is -2.42. The minimum atomic E-state index is 0.664. The molecule has 0 aromatic heterocycles. The van der Waals surface area contributed by atoms with Gasteiger partial charge in [-0.15, -0.1) is 0 Å². The molecule has 0 saturated carbocycles. The largest absolute Gasteiger partial charge is 0.293 e. The lowest BCUT2D eigenvalue weighted by Gasteiger charge is -2.37. The number of rotatable bonds is 2. The molecule has 1 nitrogen and oxygen atoms in total. The SMILES string of the molecule is Clc1cccc(CN2C3CCC2CC(Br)C3)c1Cl. The third kappa shape index (κ3) is 2.45. The number of halogens is 3. The van der Waals surface area contributed by atoms with Crippen LogP contribution in [0.4, 0.5) is 0 Å². The van der Waals surface area contributed by atoms with Crippen LogP contribution in [0.1, 0.15) is 31.2 Å². The molecule has 2 bridgehead atoms. The summed E-state index contributed by atoms with van der Waals surface area (Å²) in [6, 6.07) is 7.36. The third-order valence-electron chi connectivity index (χ3n) is 4.21. The normalized spacial score (nSPS) is 31.8. The average molecular weight is 349 g/mol. The van der Waals surface area contributed by atoms with Gasteiger partial charge in [0.15, 0.2) is 0 Å². The summed E-state index contributed by atoms with van der Waals surface area (Å²) >= 11 is 16.1. The Morgan fingerprint density at radius 2 is 1.83 bits per heavy atom. The standard InChI is InChI=1S/C14H16BrCl2N/c15-10-6-11-4-5-12(7-10)18(11)8-9-2-1-3-13(16)14(9)17/h1-3,10-12H,4-8H2. The second kappa shape index (κ2) is 5.32. The van der Waals surface area contributed by atoms with Crippen molar-refractivity contribution in [3.05, 3.63) is 33.8 Å². The van der Waals surface area contributed by atoms with Crippen LogP contribution in [-0.4, -0.2) is 21.8 Å². The van der Waals surface area contributed by atoms with E-state index in [0.29, 0.717) is 21.9 Å². The molecule has 18 heavy (non-hydrogen) atoms. The molecular formula is C14H16BrCl2N. The molecule has 2 heterocycles. The van der Waals surface area contributed by atoms with E-state index in [0.717, 1.165) is 17.1 Å². The Balaban J connectivity index is 1.79. The molecule has 2 aliphatic heterocycles. The van der Waals surface area contributed by atoms with E-state index in [1.807, 2.05) is 12.1 Å². The van der Waals surface area contributed by atoms with Gasteiger partial charge in [-0.2, -0.15) is 0 Å². The van der Waals surface area contributed by atoms with Crippen LogP contribution >= 0.6 is 39.1 Å². The second-order valence-electron chi connectivity index (χ2n) is 5.34. The van der Waals surface area contributed by atoms with Crippen molar-refractivity contribution in [3.63, 3.8) is 0 Å². The van der Waals surface area contributed by atoms with Crippen LogP contribution in [0.15, 0.2) is 18.2 Å². The van der Waals surface area contributed by atoms with Gasteiger partial charge in [-0.05, 0) is 37.3 Å². The highest BCUT2D eigenvalue weighted by atomic mass is 79.9. The molecule has 2 saturated heterocycles. The van der Waals surface area contributed by atoms with Gasteiger partial charge in [0.25, 0.3) is 0 Å². The van der Waals surface area contributed by atoms with E-state index in [1.165, 1.54) is 25.7 Å². The van der Waals surface area contributed by atoms with Crippen LogP contribution in [0, 0.1) is 0 Å². The van der Waals surface area contributed by atoms with Crippen molar-refractivity contribution < 1.29 is 0 Å². The van der Waals surface area contributed by atoms with E-state index in [-0.39, 0.29) is 0 Å². The third-order valence-corrected chi connectivity index (χ3v) is 5.82. The maximum absolute atomic E-state index is 6.29. The Kier molecular flexibility index (Phi) is 3.91. The summed E-state index contributed by atoms with van der Waals surface area (Å²) in [5.74, 6) is 0. The van der Waals surface area contributed by atoms with Crippen molar-refractivity contribution in [2.75, 3.05) is 0 Å². The molecular weight excluding hydrogens is 333 g/mol. The van der Waals surface area contributed by atoms with Crippen LogP contribution in [-0.2, 0) is 6.54 Å².